The zero-order valence-corrected chi connectivity index (χ0v) is 17.8. The molecular weight excluding hydrogens is 436 g/mol. The molecule has 0 saturated heterocycles. The van der Waals surface area contributed by atoms with E-state index in [1.807, 2.05) is 17.5 Å². The molecule has 1 aromatic heterocycles. The lowest BCUT2D eigenvalue weighted by Gasteiger charge is -2.19. The molecule has 0 atom stereocenters. The van der Waals surface area contributed by atoms with Gasteiger partial charge in [0.1, 0.15) is 18.9 Å². The van der Waals surface area contributed by atoms with E-state index in [1.165, 1.54) is 16.2 Å². The molecule has 2 aromatic carbocycles. The molecule has 8 heteroatoms. The third-order valence-electron chi connectivity index (χ3n) is 5.00. The number of fused-ring (bicyclic) bond motifs is 1. The highest BCUT2D eigenvalue weighted by molar-refractivity contribution is 7.11. The zero-order valence-electron chi connectivity index (χ0n) is 16.3. The van der Waals surface area contributed by atoms with Gasteiger partial charge in [-0.1, -0.05) is 29.8 Å². The number of nitrogens with one attached hydrogen (secondary N) is 1. The number of hydrogen-bond donors (Lipinski definition) is 1. The van der Waals surface area contributed by atoms with Crippen LogP contribution < -0.4 is 14.8 Å². The molecular formula is C23H17ClN2O4S. The van der Waals surface area contributed by atoms with Crippen LogP contribution in [0.25, 0.3) is 5.57 Å². The number of carbonyl (C=O) groups excluding carboxylic acids is 2. The van der Waals surface area contributed by atoms with Gasteiger partial charge in [-0.15, -0.1) is 11.3 Å². The Bertz CT molecular complexity index is 1190. The number of imide groups is 1. The number of rotatable bonds is 5. The van der Waals surface area contributed by atoms with Gasteiger partial charge in [-0.05, 0) is 41.3 Å². The van der Waals surface area contributed by atoms with Gasteiger partial charge in [0.2, 0.25) is 0 Å². The number of nitrogens with zero attached hydrogens (tertiary/aromatic N) is 1. The van der Waals surface area contributed by atoms with Crippen LogP contribution in [0.4, 0.5) is 5.69 Å². The normalized spacial score (nSPS) is 15.6. The van der Waals surface area contributed by atoms with E-state index in [2.05, 4.69) is 5.32 Å². The molecule has 5 rings (SSSR count). The molecule has 2 amide bonds. The fourth-order valence-corrected chi connectivity index (χ4v) is 4.42. The van der Waals surface area contributed by atoms with Crippen molar-refractivity contribution in [1.29, 1.82) is 0 Å². The first-order valence-electron chi connectivity index (χ1n) is 9.65. The number of thiophene rings is 1. The van der Waals surface area contributed by atoms with E-state index < -0.39 is 0 Å². The molecule has 31 heavy (non-hydrogen) atoms. The minimum absolute atomic E-state index is 0.163. The fraction of sp³-hybridized carbons (Fsp3) is 0.130. The Hall–Kier alpha value is -3.29. The molecule has 0 spiro atoms. The highest BCUT2D eigenvalue weighted by Gasteiger charge is 2.39. The lowest BCUT2D eigenvalue weighted by atomic mass is 10.1. The maximum Gasteiger partial charge on any atom is 0.278 e. The van der Waals surface area contributed by atoms with E-state index >= 15 is 0 Å². The van der Waals surface area contributed by atoms with Gasteiger partial charge in [-0.25, -0.2) is 0 Å². The Labute approximate surface area is 187 Å². The maximum atomic E-state index is 13.3. The Kier molecular flexibility index (Phi) is 5.13. The third-order valence-corrected chi connectivity index (χ3v) is 6.14. The van der Waals surface area contributed by atoms with Crippen LogP contribution in [-0.4, -0.2) is 29.9 Å². The molecule has 0 radical (unpaired) electrons. The predicted octanol–water partition coefficient (Wildman–Crippen LogP) is 4.56. The summed E-state index contributed by atoms with van der Waals surface area (Å²) in [7, 11) is 0. The molecule has 6 nitrogen and oxygen atoms in total. The lowest BCUT2D eigenvalue weighted by molar-refractivity contribution is -0.137. The van der Waals surface area contributed by atoms with Crippen molar-refractivity contribution in [2.24, 2.45) is 0 Å². The molecule has 0 fully saturated rings. The van der Waals surface area contributed by atoms with Gasteiger partial charge in [-0.2, -0.15) is 0 Å². The quantitative estimate of drug-likeness (QED) is 0.574. The van der Waals surface area contributed by atoms with E-state index in [-0.39, 0.29) is 24.1 Å². The highest BCUT2D eigenvalue weighted by atomic mass is 35.5. The standard InChI is InChI=1S/C23H17ClN2O4S/c24-15-5-3-14(4-6-15)13-26-22(27)20(19-2-1-11-31-19)21(23(26)28)25-16-7-8-17-18(12-16)30-10-9-29-17/h1-8,11-12,25H,9-10,13H2. The average molecular weight is 453 g/mol. The van der Waals surface area contributed by atoms with Crippen LogP contribution in [0.5, 0.6) is 11.5 Å². The summed E-state index contributed by atoms with van der Waals surface area (Å²) in [4.78, 5) is 28.5. The fourth-order valence-electron chi connectivity index (χ4n) is 3.52. The zero-order chi connectivity index (χ0) is 21.4. The molecule has 2 aliphatic rings. The van der Waals surface area contributed by atoms with Crippen LogP contribution >= 0.6 is 22.9 Å². The van der Waals surface area contributed by atoms with Gasteiger partial charge in [0.05, 0.1) is 12.1 Å². The molecule has 2 aliphatic heterocycles. The van der Waals surface area contributed by atoms with Crippen molar-refractivity contribution < 1.29 is 19.1 Å². The van der Waals surface area contributed by atoms with E-state index in [4.69, 9.17) is 21.1 Å². The van der Waals surface area contributed by atoms with Crippen LogP contribution in [0, 0.1) is 0 Å². The minimum Gasteiger partial charge on any atom is -0.486 e. The number of amides is 2. The summed E-state index contributed by atoms with van der Waals surface area (Å²) < 4.78 is 11.2. The summed E-state index contributed by atoms with van der Waals surface area (Å²) in [6.45, 7) is 1.13. The van der Waals surface area contributed by atoms with Gasteiger partial charge in [0.25, 0.3) is 11.8 Å². The molecule has 3 aromatic rings. The van der Waals surface area contributed by atoms with Crippen molar-refractivity contribution in [2.75, 3.05) is 18.5 Å². The Balaban J connectivity index is 1.48. The van der Waals surface area contributed by atoms with Gasteiger partial charge in [0, 0.05) is 21.7 Å². The Morgan fingerprint density at radius 2 is 1.74 bits per heavy atom. The number of benzene rings is 2. The SMILES string of the molecule is O=C1C(Nc2ccc3c(c2)OCCO3)=C(c2cccs2)C(=O)N1Cc1ccc(Cl)cc1. The summed E-state index contributed by atoms with van der Waals surface area (Å²) in [5, 5.41) is 5.63. The summed E-state index contributed by atoms with van der Waals surface area (Å²) in [6.07, 6.45) is 0. The van der Waals surface area contributed by atoms with Crippen LogP contribution in [0.3, 0.4) is 0 Å². The van der Waals surface area contributed by atoms with Gasteiger partial charge in [-0.3, -0.25) is 14.5 Å². The first-order valence-corrected chi connectivity index (χ1v) is 10.9. The van der Waals surface area contributed by atoms with Crippen molar-refractivity contribution in [2.45, 2.75) is 6.54 Å². The van der Waals surface area contributed by atoms with E-state index in [0.29, 0.717) is 41.0 Å². The number of carbonyl (C=O) groups is 2. The van der Waals surface area contributed by atoms with Crippen LogP contribution in [0.1, 0.15) is 10.4 Å². The Morgan fingerprint density at radius 1 is 0.968 bits per heavy atom. The third kappa shape index (κ3) is 3.78. The largest absolute Gasteiger partial charge is 0.486 e. The van der Waals surface area contributed by atoms with Crippen molar-refractivity contribution in [1.82, 2.24) is 4.90 Å². The second-order valence-electron chi connectivity index (χ2n) is 7.03. The Morgan fingerprint density at radius 3 is 2.48 bits per heavy atom. The summed E-state index contributed by atoms with van der Waals surface area (Å²) in [5.41, 5.74) is 2.07. The highest BCUT2D eigenvalue weighted by Crippen LogP contribution is 2.36. The van der Waals surface area contributed by atoms with Crippen LogP contribution in [0.15, 0.2) is 65.7 Å². The van der Waals surface area contributed by atoms with Gasteiger partial charge in [0.15, 0.2) is 11.5 Å². The predicted molar refractivity (Wildman–Crippen MR) is 119 cm³/mol. The van der Waals surface area contributed by atoms with Crippen LogP contribution in [0.2, 0.25) is 5.02 Å². The van der Waals surface area contributed by atoms with Gasteiger partial charge >= 0.3 is 0 Å². The second-order valence-corrected chi connectivity index (χ2v) is 8.42. The monoisotopic (exact) mass is 452 g/mol. The van der Waals surface area contributed by atoms with Crippen molar-refractivity contribution in [3.8, 4) is 11.5 Å². The maximum absolute atomic E-state index is 13.3. The number of halogens is 1. The first-order chi connectivity index (χ1) is 15.1. The van der Waals surface area contributed by atoms with E-state index in [0.717, 1.165) is 10.4 Å². The van der Waals surface area contributed by atoms with E-state index in [9.17, 15) is 9.59 Å². The second kappa shape index (κ2) is 8.09. The van der Waals surface area contributed by atoms with Crippen molar-refractivity contribution in [3.05, 3.63) is 81.1 Å². The lowest BCUT2D eigenvalue weighted by Crippen LogP contribution is -2.31. The minimum atomic E-state index is -0.377. The van der Waals surface area contributed by atoms with E-state index in [1.54, 1.807) is 42.5 Å². The number of anilines is 1. The number of hydrogen-bond acceptors (Lipinski definition) is 6. The smallest absolute Gasteiger partial charge is 0.278 e. The first kappa shape index (κ1) is 19.7. The van der Waals surface area contributed by atoms with Crippen molar-refractivity contribution in [3.63, 3.8) is 0 Å². The molecule has 0 saturated carbocycles. The summed E-state index contributed by atoms with van der Waals surface area (Å²) in [5.74, 6) is 0.549. The molecule has 3 heterocycles. The van der Waals surface area contributed by atoms with Crippen LogP contribution in [-0.2, 0) is 16.1 Å². The van der Waals surface area contributed by atoms with Gasteiger partial charge < -0.3 is 14.8 Å². The summed E-state index contributed by atoms with van der Waals surface area (Å²) in [6, 6.07) is 16.1. The molecule has 0 aliphatic carbocycles. The number of ether oxygens (including phenoxy) is 2. The average Bonchev–Trinajstić information content (AvgIpc) is 3.38. The molecule has 1 N–H and O–H groups in total. The van der Waals surface area contributed by atoms with Crippen molar-refractivity contribution >= 4 is 46.0 Å². The molecule has 0 bridgehead atoms. The molecule has 156 valence electrons. The topological polar surface area (TPSA) is 67.9 Å². The summed E-state index contributed by atoms with van der Waals surface area (Å²) >= 11 is 7.37. The molecule has 0 unspecified atom stereocenters.